The van der Waals surface area contributed by atoms with E-state index in [9.17, 15) is 0 Å². The number of halogens is 1. The highest BCUT2D eigenvalue weighted by molar-refractivity contribution is 9.09. The highest BCUT2D eigenvalue weighted by atomic mass is 79.9. The maximum Gasteiger partial charge on any atom is 0.0645 e. The molecule has 0 amide bonds. The molecular formula is C14H17BrN2. The minimum Gasteiger partial charge on any atom is -0.241 e. The Bertz CT molecular complexity index is 462. The van der Waals surface area contributed by atoms with Crippen LogP contribution in [-0.4, -0.2) is 9.78 Å². The van der Waals surface area contributed by atoms with Gasteiger partial charge in [-0.25, -0.2) is 4.68 Å². The molecule has 1 aromatic carbocycles. The van der Waals surface area contributed by atoms with Crippen LogP contribution >= 0.6 is 15.9 Å². The summed E-state index contributed by atoms with van der Waals surface area (Å²) in [5, 5.41) is 4.40. The second kappa shape index (κ2) is 5.50. The molecule has 3 heteroatoms. The molecular weight excluding hydrogens is 276 g/mol. The van der Waals surface area contributed by atoms with Crippen LogP contribution in [0.5, 0.6) is 0 Å². The number of hydrogen-bond acceptors (Lipinski definition) is 1. The van der Waals surface area contributed by atoms with Crippen LogP contribution in [0.15, 0.2) is 42.7 Å². The fraction of sp³-hybridized carbons (Fsp3) is 0.357. The summed E-state index contributed by atoms with van der Waals surface area (Å²) in [6, 6.07) is 10.2. The van der Waals surface area contributed by atoms with Crippen molar-refractivity contribution in [2.24, 2.45) is 5.92 Å². The first-order valence-corrected chi connectivity index (χ1v) is 6.82. The van der Waals surface area contributed by atoms with Crippen molar-refractivity contribution >= 4 is 15.9 Å². The van der Waals surface area contributed by atoms with E-state index < -0.39 is 0 Å². The van der Waals surface area contributed by atoms with E-state index in [1.54, 1.807) is 0 Å². The fourth-order valence-electron chi connectivity index (χ4n) is 1.77. The summed E-state index contributed by atoms with van der Waals surface area (Å²) in [5.74, 6) is 0.680. The lowest BCUT2D eigenvalue weighted by molar-refractivity contribution is 0.583. The maximum absolute atomic E-state index is 4.40. The van der Waals surface area contributed by atoms with Crippen LogP contribution in [0.25, 0.3) is 5.69 Å². The third-order valence-corrected chi connectivity index (χ3v) is 3.57. The lowest BCUT2D eigenvalue weighted by Crippen LogP contribution is -1.95. The van der Waals surface area contributed by atoms with Gasteiger partial charge >= 0.3 is 0 Å². The van der Waals surface area contributed by atoms with E-state index in [4.69, 9.17) is 0 Å². The van der Waals surface area contributed by atoms with Crippen molar-refractivity contribution in [3.63, 3.8) is 0 Å². The molecule has 0 aliphatic heterocycles. The predicted molar refractivity (Wildman–Crippen MR) is 74.7 cm³/mol. The summed E-state index contributed by atoms with van der Waals surface area (Å²) in [6.45, 7) is 4.46. The molecule has 1 heterocycles. The highest BCUT2D eigenvalue weighted by Gasteiger charge is 2.12. The van der Waals surface area contributed by atoms with E-state index in [0.29, 0.717) is 10.7 Å². The molecule has 0 radical (unpaired) electrons. The normalized spacial score (nSPS) is 12.9. The summed E-state index contributed by atoms with van der Waals surface area (Å²) in [6.07, 6.45) is 5.16. The largest absolute Gasteiger partial charge is 0.241 e. The third kappa shape index (κ3) is 3.19. The summed E-state index contributed by atoms with van der Waals surface area (Å²) < 4.78 is 1.92. The number of rotatable bonds is 4. The minimum absolute atomic E-state index is 0.389. The molecule has 1 atom stereocenters. The number of para-hydroxylation sites is 1. The van der Waals surface area contributed by atoms with Crippen molar-refractivity contribution in [1.82, 2.24) is 9.78 Å². The summed E-state index contributed by atoms with van der Waals surface area (Å²) in [5.41, 5.74) is 2.34. The Hall–Kier alpha value is -1.09. The zero-order chi connectivity index (χ0) is 12.3. The standard InChI is InChI=1S/C14H17BrN2/c1-11(2)8-14(15)12-9-16-17(10-12)13-6-4-3-5-7-13/h3-7,9-11,14H,8H2,1-2H3. The predicted octanol–water partition coefficient (Wildman–Crippen LogP) is 4.35. The Morgan fingerprint density at radius 3 is 2.59 bits per heavy atom. The molecule has 1 aromatic heterocycles. The van der Waals surface area contributed by atoms with Gasteiger partial charge in [-0.15, -0.1) is 0 Å². The van der Waals surface area contributed by atoms with Crippen molar-refractivity contribution in [2.75, 3.05) is 0 Å². The lowest BCUT2D eigenvalue weighted by atomic mass is 10.1. The number of aromatic nitrogens is 2. The van der Waals surface area contributed by atoms with Crippen LogP contribution in [0.4, 0.5) is 0 Å². The third-order valence-electron chi connectivity index (χ3n) is 2.66. The van der Waals surface area contributed by atoms with Gasteiger partial charge in [0.05, 0.1) is 11.9 Å². The molecule has 2 nitrogen and oxygen atoms in total. The molecule has 0 fully saturated rings. The second-order valence-electron chi connectivity index (χ2n) is 4.65. The van der Waals surface area contributed by atoms with Gasteiger partial charge in [-0.1, -0.05) is 48.0 Å². The monoisotopic (exact) mass is 292 g/mol. The van der Waals surface area contributed by atoms with Crippen LogP contribution in [0.3, 0.4) is 0 Å². The van der Waals surface area contributed by atoms with E-state index in [1.807, 2.05) is 29.1 Å². The van der Waals surface area contributed by atoms with E-state index >= 15 is 0 Å². The van der Waals surface area contributed by atoms with Crippen molar-refractivity contribution in [3.05, 3.63) is 48.3 Å². The molecule has 2 aromatic rings. The van der Waals surface area contributed by atoms with Crippen LogP contribution < -0.4 is 0 Å². The van der Waals surface area contributed by atoms with Gasteiger partial charge in [-0.3, -0.25) is 0 Å². The van der Waals surface area contributed by atoms with Crippen molar-refractivity contribution in [2.45, 2.75) is 25.1 Å². The van der Waals surface area contributed by atoms with Gasteiger partial charge in [-0.2, -0.15) is 5.10 Å². The maximum atomic E-state index is 4.40. The lowest BCUT2D eigenvalue weighted by Gasteiger charge is -2.09. The molecule has 0 spiro atoms. The summed E-state index contributed by atoms with van der Waals surface area (Å²) in [4.78, 5) is 0.389. The van der Waals surface area contributed by atoms with Gasteiger partial charge in [0.1, 0.15) is 0 Å². The molecule has 0 saturated heterocycles. The molecule has 0 saturated carbocycles. The van der Waals surface area contributed by atoms with Gasteiger partial charge in [0.2, 0.25) is 0 Å². The van der Waals surface area contributed by atoms with E-state index in [1.165, 1.54) is 5.56 Å². The van der Waals surface area contributed by atoms with Gasteiger partial charge in [0.25, 0.3) is 0 Å². The highest BCUT2D eigenvalue weighted by Crippen LogP contribution is 2.29. The Morgan fingerprint density at radius 2 is 1.94 bits per heavy atom. The number of alkyl halides is 1. The van der Waals surface area contributed by atoms with Gasteiger partial charge in [-0.05, 0) is 24.5 Å². The van der Waals surface area contributed by atoms with Crippen LogP contribution in [-0.2, 0) is 0 Å². The molecule has 0 N–H and O–H groups in total. The van der Waals surface area contributed by atoms with E-state index in [-0.39, 0.29) is 0 Å². The first-order valence-electron chi connectivity index (χ1n) is 5.91. The molecule has 1 unspecified atom stereocenters. The molecule has 0 aliphatic rings. The van der Waals surface area contributed by atoms with Crippen molar-refractivity contribution in [3.8, 4) is 5.69 Å². The molecule has 2 rings (SSSR count). The topological polar surface area (TPSA) is 17.8 Å². The first kappa shape index (κ1) is 12.4. The molecule has 0 aliphatic carbocycles. The van der Waals surface area contributed by atoms with Gasteiger partial charge in [0, 0.05) is 16.6 Å². The smallest absolute Gasteiger partial charge is 0.0645 e. The first-order chi connectivity index (χ1) is 8.16. The van der Waals surface area contributed by atoms with Crippen LogP contribution in [0.1, 0.15) is 30.7 Å². The minimum atomic E-state index is 0.389. The SMILES string of the molecule is CC(C)CC(Br)c1cnn(-c2ccccc2)c1. The number of hydrogen-bond donors (Lipinski definition) is 0. The quantitative estimate of drug-likeness (QED) is 0.766. The molecule has 0 bridgehead atoms. The molecule has 17 heavy (non-hydrogen) atoms. The Balaban J connectivity index is 2.16. The average Bonchev–Trinajstić information content (AvgIpc) is 2.78. The average molecular weight is 293 g/mol. The van der Waals surface area contributed by atoms with Crippen molar-refractivity contribution < 1.29 is 0 Å². The zero-order valence-electron chi connectivity index (χ0n) is 10.2. The molecule has 90 valence electrons. The number of nitrogens with zero attached hydrogens (tertiary/aromatic N) is 2. The number of benzene rings is 1. The van der Waals surface area contributed by atoms with E-state index in [0.717, 1.165) is 12.1 Å². The van der Waals surface area contributed by atoms with Crippen molar-refractivity contribution in [1.29, 1.82) is 0 Å². The van der Waals surface area contributed by atoms with E-state index in [2.05, 4.69) is 53.2 Å². The van der Waals surface area contributed by atoms with Crippen LogP contribution in [0, 0.1) is 5.92 Å². The Kier molecular flexibility index (Phi) is 4.00. The summed E-state index contributed by atoms with van der Waals surface area (Å²) in [7, 11) is 0. The van der Waals surface area contributed by atoms with Gasteiger partial charge < -0.3 is 0 Å². The van der Waals surface area contributed by atoms with Crippen LogP contribution in [0.2, 0.25) is 0 Å². The Morgan fingerprint density at radius 1 is 1.24 bits per heavy atom. The Labute approximate surface area is 111 Å². The summed E-state index contributed by atoms with van der Waals surface area (Å²) >= 11 is 3.72. The second-order valence-corrected chi connectivity index (χ2v) is 5.76. The zero-order valence-corrected chi connectivity index (χ0v) is 11.8. The van der Waals surface area contributed by atoms with Gasteiger partial charge in [0.15, 0.2) is 0 Å². The fourth-order valence-corrected chi connectivity index (χ4v) is 2.75.